The molecular weight excluding hydrogens is 218 g/mol. The fraction of sp³-hybridized carbons (Fsp3) is 0.333. The lowest BCUT2D eigenvalue weighted by Crippen LogP contribution is -1.90. The number of alkyl halides is 1. The highest BCUT2D eigenvalue weighted by Gasteiger charge is 1.97. The lowest BCUT2D eigenvalue weighted by Gasteiger charge is -2.02. The van der Waals surface area contributed by atoms with E-state index in [1.807, 2.05) is 12.1 Å². The van der Waals surface area contributed by atoms with Crippen LogP contribution in [-0.4, -0.2) is 10.4 Å². The van der Waals surface area contributed by atoms with E-state index in [4.69, 9.17) is 10.8 Å². The van der Waals surface area contributed by atoms with E-state index in [1.54, 1.807) is 6.07 Å². The molecule has 66 valence electrons. The number of nitrogens with two attached hydrogens (primary N) is 1. The minimum absolute atomic E-state index is 0.164. The van der Waals surface area contributed by atoms with Gasteiger partial charge in [0.2, 0.25) is 0 Å². The van der Waals surface area contributed by atoms with Crippen molar-refractivity contribution in [2.75, 3.05) is 11.1 Å². The topological polar surface area (TPSA) is 46.2 Å². The number of halogens is 1. The van der Waals surface area contributed by atoms with Crippen LogP contribution in [0, 0.1) is 0 Å². The smallest absolute Gasteiger partial charge is 0.138 e. The third kappa shape index (κ3) is 2.41. The summed E-state index contributed by atoms with van der Waals surface area (Å²) in [4.78, 5) is 0. The van der Waals surface area contributed by atoms with E-state index in [2.05, 4.69) is 15.9 Å². The summed E-state index contributed by atoms with van der Waals surface area (Å²) in [6, 6.07) is 5.35. The minimum Gasteiger partial charge on any atom is -0.506 e. The summed E-state index contributed by atoms with van der Waals surface area (Å²) in [5.41, 5.74) is 7.16. The van der Waals surface area contributed by atoms with Crippen LogP contribution < -0.4 is 5.73 Å². The third-order valence-corrected chi connectivity index (χ3v) is 2.25. The number of nitrogen functional groups attached to an aromatic ring is 1. The van der Waals surface area contributed by atoms with Gasteiger partial charge in [-0.05, 0) is 30.5 Å². The predicted octanol–water partition coefficient (Wildman–Crippen LogP) is 2.30. The van der Waals surface area contributed by atoms with Gasteiger partial charge < -0.3 is 10.8 Å². The largest absolute Gasteiger partial charge is 0.506 e. The first-order valence-corrected chi connectivity index (χ1v) is 4.99. The van der Waals surface area contributed by atoms with Crippen LogP contribution in [0.2, 0.25) is 0 Å². The molecule has 0 aliphatic heterocycles. The summed E-state index contributed by atoms with van der Waals surface area (Å²) < 4.78 is 0. The Labute approximate surface area is 80.5 Å². The molecule has 0 atom stereocenters. The summed E-state index contributed by atoms with van der Waals surface area (Å²) in [5, 5.41) is 10.1. The second-order valence-electron chi connectivity index (χ2n) is 2.69. The first kappa shape index (κ1) is 9.39. The number of aryl methyl sites for hydroxylation is 1. The molecule has 0 amide bonds. The molecule has 0 heterocycles. The Kier molecular flexibility index (Phi) is 3.41. The zero-order valence-electron chi connectivity index (χ0n) is 6.76. The number of hydrogen-bond acceptors (Lipinski definition) is 2. The number of hydrogen-bond donors (Lipinski definition) is 2. The molecule has 0 aromatic heterocycles. The van der Waals surface area contributed by atoms with Gasteiger partial charge in [0.15, 0.2) is 0 Å². The molecule has 0 unspecified atom stereocenters. The Morgan fingerprint density at radius 1 is 1.42 bits per heavy atom. The first-order valence-electron chi connectivity index (χ1n) is 3.87. The van der Waals surface area contributed by atoms with Gasteiger partial charge in [0.1, 0.15) is 5.75 Å². The van der Waals surface area contributed by atoms with Crippen molar-refractivity contribution < 1.29 is 5.11 Å². The van der Waals surface area contributed by atoms with Crippen molar-refractivity contribution in [3.05, 3.63) is 23.8 Å². The van der Waals surface area contributed by atoms with Crippen molar-refractivity contribution >= 4 is 21.6 Å². The van der Waals surface area contributed by atoms with E-state index in [-0.39, 0.29) is 5.75 Å². The van der Waals surface area contributed by atoms with Crippen molar-refractivity contribution in [3.63, 3.8) is 0 Å². The van der Waals surface area contributed by atoms with Gasteiger partial charge >= 0.3 is 0 Å². The molecule has 0 spiro atoms. The average Bonchev–Trinajstić information content (AvgIpc) is 2.07. The Morgan fingerprint density at radius 3 is 2.75 bits per heavy atom. The zero-order valence-corrected chi connectivity index (χ0v) is 8.34. The average molecular weight is 230 g/mol. The summed E-state index contributed by atoms with van der Waals surface area (Å²) in [6.07, 6.45) is 2.08. The second-order valence-corrected chi connectivity index (χ2v) is 3.48. The molecule has 1 aromatic rings. The molecule has 3 N–H and O–H groups in total. The number of aromatic hydroxyl groups is 1. The van der Waals surface area contributed by atoms with Crippen LogP contribution >= 0.6 is 15.9 Å². The van der Waals surface area contributed by atoms with Crippen LogP contribution in [0.4, 0.5) is 5.69 Å². The molecule has 0 fully saturated rings. The number of rotatable bonds is 3. The lowest BCUT2D eigenvalue weighted by molar-refractivity contribution is 0.478. The third-order valence-electron chi connectivity index (χ3n) is 1.69. The predicted molar refractivity (Wildman–Crippen MR) is 54.6 cm³/mol. The quantitative estimate of drug-likeness (QED) is 0.475. The zero-order chi connectivity index (χ0) is 8.97. The fourth-order valence-corrected chi connectivity index (χ4v) is 1.31. The van der Waals surface area contributed by atoms with Gasteiger partial charge in [-0.3, -0.25) is 0 Å². The van der Waals surface area contributed by atoms with Crippen LogP contribution in [0.1, 0.15) is 12.0 Å². The van der Waals surface area contributed by atoms with Crippen molar-refractivity contribution in [2.45, 2.75) is 12.8 Å². The highest BCUT2D eigenvalue weighted by atomic mass is 79.9. The maximum atomic E-state index is 9.13. The van der Waals surface area contributed by atoms with Gasteiger partial charge in [-0.1, -0.05) is 22.0 Å². The fourth-order valence-electron chi connectivity index (χ4n) is 1.03. The molecule has 1 rings (SSSR count). The molecule has 1 aromatic carbocycles. The molecule has 0 saturated carbocycles. The summed E-state index contributed by atoms with van der Waals surface area (Å²) in [7, 11) is 0. The lowest BCUT2D eigenvalue weighted by atomic mass is 10.1. The normalized spacial score (nSPS) is 10.1. The van der Waals surface area contributed by atoms with Crippen molar-refractivity contribution in [2.24, 2.45) is 0 Å². The van der Waals surface area contributed by atoms with Crippen LogP contribution in [0.15, 0.2) is 18.2 Å². The van der Waals surface area contributed by atoms with E-state index >= 15 is 0 Å². The number of phenolic OH excluding ortho intramolecular Hbond substituents is 1. The Bertz CT molecular complexity index is 263. The van der Waals surface area contributed by atoms with Gasteiger partial charge in [-0.25, -0.2) is 0 Å². The SMILES string of the molecule is Nc1cc(CCCBr)ccc1O. The van der Waals surface area contributed by atoms with Gasteiger partial charge in [0, 0.05) is 5.33 Å². The number of benzene rings is 1. The van der Waals surface area contributed by atoms with Gasteiger partial charge in [-0.15, -0.1) is 0 Å². The number of phenols is 1. The highest BCUT2D eigenvalue weighted by Crippen LogP contribution is 2.21. The molecule has 0 saturated heterocycles. The molecule has 0 bridgehead atoms. The maximum Gasteiger partial charge on any atom is 0.138 e. The highest BCUT2D eigenvalue weighted by molar-refractivity contribution is 9.09. The van der Waals surface area contributed by atoms with Crippen LogP contribution in [0.25, 0.3) is 0 Å². The summed E-state index contributed by atoms with van der Waals surface area (Å²) >= 11 is 3.36. The molecule has 0 radical (unpaired) electrons. The van der Waals surface area contributed by atoms with E-state index in [0.717, 1.165) is 18.2 Å². The van der Waals surface area contributed by atoms with Crippen LogP contribution in [-0.2, 0) is 6.42 Å². The standard InChI is InChI=1S/C9H12BrNO/c10-5-1-2-7-3-4-9(12)8(11)6-7/h3-4,6,12H,1-2,5,11H2. The van der Waals surface area contributed by atoms with Crippen molar-refractivity contribution in [1.82, 2.24) is 0 Å². The van der Waals surface area contributed by atoms with Crippen molar-refractivity contribution in [3.8, 4) is 5.75 Å². The number of anilines is 1. The van der Waals surface area contributed by atoms with Crippen LogP contribution in [0.5, 0.6) is 5.75 Å². The van der Waals surface area contributed by atoms with E-state index < -0.39 is 0 Å². The second kappa shape index (κ2) is 4.36. The molecule has 2 nitrogen and oxygen atoms in total. The molecule has 3 heteroatoms. The minimum atomic E-state index is 0.164. The van der Waals surface area contributed by atoms with E-state index in [1.165, 1.54) is 5.56 Å². The van der Waals surface area contributed by atoms with Gasteiger partial charge in [0.25, 0.3) is 0 Å². The monoisotopic (exact) mass is 229 g/mol. The molecule has 12 heavy (non-hydrogen) atoms. The molecular formula is C9H12BrNO. The molecule has 0 aliphatic carbocycles. The van der Waals surface area contributed by atoms with E-state index in [9.17, 15) is 0 Å². The van der Waals surface area contributed by atoms with Gasteiger partial charge in [0.05, 0.1) is 5.69 Å². The maximum absolute atomic E-state index is 9.13. The van der Waals surface area contributed by atoms with Crippen LogP contribution in [0.3, 0.4) is 0 Å². The first-order chi connectivity index (χ1) is 5.74. The van der Waals surface area contributed by atoms with Gasteiger partial charge in [-0.2, -0.15) is 0 Å². The Morgan fingerprint density at radius 2 is 2.17 bits per heavy atom. The summed E-state index contributed by atoms with van der Waals surface area (Å²) in [6.45, 7) is 0. The van der Waals surface area contributed by atoms with Crippen molar-refractivity contribution in [1.29, 1.82) is 0 Å². The molecule has 0 aliphatic rings. The van der Waals surface area contributed by atoms with E-state index in [0.29, 0.717) is 5.69 Å². The Hall–Kier alpha value is -0.700. The Balaban J connectivity index is 2.69. The summed E-state index contributed by atoms with van der Waals surface area (Å²) in [5.74, 6) is 0.164.